The molecule has 120 valence electrons. The summed E-state index contributed by atoms with van der Waals surface area (Å²) in [5.74, 6) is 0. The van der Waals surface area contributed by atoms with Gasteiger partial charge in [0.15, 0.2) is 0 Å². The monoisotopic (exact) mass is 314 g/mol. The maximum atomic E-state index is 3.55. The minimum absolute atomic E-state index is 0.949. The number of rotatable bonds is 4. The highest BCUT2D eigenvalue weighted by Crippen LogP contribution is 2.41. The second kappa shape index (κ2) is 6.04. The van der Waals surface area contributed by atoms with Crippen molar-refractivity contribution in [1.29, 1.82) is 0 Å². The molecule has 3 aromatic carbocycles. The molecule has 3 aromatic rings. The average Bonchev–Trinajstić information content (AvgIpc) is 2.93. The molecule has 0 saturated heterocycles. The van der Waals surface area contributed by atoms with Crippen molar-refractivity contribution in [3.8, 4) is 11.1 Å². The number of hydrogen-bond acceptors (Lipinski definition) is 2. The van der Waals surface area contributed by atoms with Gasteiger partial charge in [-0.3, -0.25) is 0 Å². The first kappa shape index (κ1) is 14.8. The van der Waals surface area contributed by atoms with Crippen molar-refractivity contribution in [2.45, 2.75) is 20.3 Å². The lowest BCUT2D eigenvalue weighted by atomic mass is 10.0. The molecule has 0 aromatic heterocycles. The Morgan fingerprint density at radius 3 is 2.42 bits per heavy atom. The Bertz CT molecular complexity index is 882. The van der Waals surface area contributed by atoms with Crippen LogP contribution in [0.1, 0.15) is 23.6 Å². The Hall–Kier alpha value is -2.74. The van der Waals surface area contributed by atoms with Crippen LogP contribution >= 0.6 is 0 Å². The molecular formula is C22H22N2. The van der Waals surface area contributed by atoms with Crippen LogP contribution in [-0.2, 0) is 6.42 Å². The molecule has 2 N–H and O–H groups in total. The Kier molecular flexibility index (Phi) is 3.73. The number of hydrogen-bond donors (Lipinski definition) is 2. The molecule has 0 atom stereocenters. The number of nitrogens with one attached hydrogen (secondary N) is 2. The molecule has 0 bridgehead atoms. The summed E-state index contributed by atoms with van der Waals surface area (Å²) in [7, 11) is 0. The van der Waals surface area contributed by atoms with E-state index in [-0.39, 0.29) is 0 Å². The summed E-state index contributed by atoms with van der Waals surface area (Å²) < 4.78 is 0. The van der Waals surface area contributed by atoms with Crippen molar-refractivity contribution in [3.05, 3.63) is 77.4 Å². The summed E-state index contributed by atoms with van der Waals surface area (Å²) >= 11 is 0. The van der Waals surface area contributed by atoms with Crippen LogP contribution in [0, 0.1) is 6.92 Å². The van der Waals surface area contributed by atoms with Crippen LogP contribution in [0.15, 0.2) is 60.7 Å². The molecule has 0 radical (unpaired) electrons. The molecule has 1 aliphatic rings. The van der Waals surface area contributed by atoms with Crippen LogP contribution < -0.4 is 10.6 Å². The highest BCUT2D eigenvalue weighted by atomic mass is 14.9. The van der Waals surface area contributed by atoms with Gasteiger partial charge in [0.2, 0.25) is 0 Å². The average molecular weight is 314 g/mol. The van der Waals surface area contributed by atoms with Gasteiger partial charge in [-0.15, -0.1) is 0 Å². The third-order valence-corrected chi connectivity index (χ3v) is 4.66. The van der Waals surface area contributed by atoms with E-state index in [4.69, 9.17) is 0 Å². The fraction of sp³-hybridized carbons (Fsp3) is 0.182. The maximum Gasteiger partial charge on any atom is 0.0417 e. The predicted molar refractivity (Wildman–Crippen MR) is 103 cm³/mol. The van der Waals surface area contributed by atoms with Crippen LogP contribution in [-0.4, -0.2) is 6.54 Å². The van der Waals surface area contributed by atoms with E-state index >= 15 is 0 Å². The molecule has 2 nitrogen and oxygen atoms in total. The van der Waals surface area contributed by atoms with E-state index in [1.165, 1.54) is 39.2 Å². The van der Waals surface area contributed by atoms with Crippen molar-refractivity contribution in [2.24, 2.45) is 0 Å². The van der Waals surface area contributed by atoms with E-state index < -0.39 is 0 Å². The number of aryl methyl sites for hydroxylation is 1. The normalized spacial score (nSPS) is 11.8. The maximum absolute atomic E-state index is 3.55. The van der Waals surface area contributed by atoms with Crippen LogP contribution in [0.5, 0.6) is 0 Å². The van der Waals surface area contributed by atoms with Crippen LogP contribution in [0.4, 0.5) is 17.1 Å². The molecule has 0 aliphatic heterocycles. The fourth-order valence-electron chi connectivity index (χ4n) is 3.46. The van der Waals surface area contributed by atoms with Gasteiger partial charge in [0.25, 0.3) is 0 Å². The number of fused-ring (bicyclic) bond motifs is 3. The van der Waals surface area contributed by atoms with Crippen LogP contribution in [0.25, 0.3) is 11.1 Å². The zero-order valence-corrected chi connectivity index (χ0v) is 14.2. The Balaban J connectivity index is 1.71. The first-order valence-corrected chi connectivity index (χ1v) is 8.57. The minimum atomic E-state index is 0.949. The van der Waals surface area contributed by atoms with E-state index in [0.717, 1.165) is 18.7 Å². The molecule has 0 fully saturated rings. The van der Waals surface area contributed by atoms with Gasteiger partial charge in [-0.1, -0.05) is 24.3 Å². The topological polar surface area (TPSA) is 24.1 Å². The fourth-order valence-corrected chi connectivity index (χ4v) is 3.46. The van der Waals surface area contributed by atoms with Gasteiger partial charge >= 0.3 is 0 Å². The largest absolute Gasteiger partial charge is 0.385 e. The Labute approximate surface area is 143 Å². The Morgan fingerprint density at radius 1 is 0.833 bits per heavy atom. The summed E-state index contributed by atoms with van der Waals surface area (Å²) in [5.41, 5.74) is 10.4. The van der Waals surface area contributed by atoms with E-state index in [1.807, 2.05) is 6.07 Å². The van der Waals surface area contributed by atoms with Crippen LogP contribution in [0.2, 0.25) is 0 Å². The molecule has 0 amide bonds. The summed E-state index contributed by atoms with van der Waals surface area (Å²) in [6.07, 6.45) is 1.01. The SMILES string of the molecule is CCNc1ccc2c(c1)-c1cc(C)c(Nc3ccccc3)cc1C2. The lowest BCUT2D eigenvalue weighted by Gasteiger charge is -2.13. The number of benzene rings is 3. The van der Waals surface area contributed by atoms with Gasteiger partial charge in [-0.2, -0.15) is 0 Å². The minimum Gasteiger partial charge on any atom is -0.385 e. The molecule has 24 heavy (non-hydrogen) atoms. The summed E-state index contributed by atoms with van der Waals surface area (Å²) in [5, 5.41) is 6.96. The first-order chi connectivity index (χ1) is 11.7. The second-order valence-corrected chi connectivity index (χ2v) is 6.39. The highest BCUT2D eigenvalue weighted by molar-refractivity contribution is 5.83. The number of para-hydroxylation sites is 1. The third-order valence-electron chi connectivity index (χ3n) is 4.66. The van der Waals surface area contributed by atoms with Gasteiger partial charge in [-0.05, 0) is 84.5 Å². The standard InChI is InChI=1S/C22H22N2/c1-3-23-19-10-9-16-12-17-13-22(24-18-7-5-4-6-8-18)15(2)11-20(17)21(16)14-19/h4-11,13-14,23-24H,3,12H2,1-2H3. The quantitative estimate of drug-likeness (QED) is 0.502. The lowest BCUT2D eigenvalue weighted by Crippen LogP contribution is -1.96. The third kappa shape index (κ3) is 2.65. The van der Waals surface area contributed by atoms with E-state index in [1.54, 1.807) is 0 Å². The van der Waals surface area contributed by atoms with Gasteiger partial charge < -0.3 is 10.6 Å². The molecule has 0 spiro atoms. The highest BCUT2D eigenvalue weighted by Gasteiger charge is 2.20. The molecule has 0 unspecified atom stereocenters. The lowest BCUT2D eigenvalue weighted by molar-refractivity contribution is 1.21. The Morgan fingerprint density at radius 2 is 1.62 bits per heavy atom. The first-order valence-electron chi connectivity index (χ1n) is 8.57. The van der Waals surface area contributed by atoms with Crippen molar-refractivity contribution in [3.63, 3.8) is 0 Å². The molecule has 1 aliphatic carbocycles. The van der Waals surface area contributed by atoms with Crippen molar-refractivity contribution in [1.82, 2.24) is 0 Å². The van der Waals surface area contributed by atoms with E-state index in [9.17, 15) is 0 Å². The summed E-state index contributed by atoms with van der Waals surface area (Å²) in [6, 6.07) is 21.7. The van der Waals surface area contributed by atoms with Gasteiger partial charge in [0.1, 0.15) is 0 Å². The molecular weight excluding hydrogens is 292 g/mol. The van der Waals surface area contributed by atoms with Crippen molar-refractivity contribution < 1.29 is 0 Å². The van der Waals surface area contributed by atoms with Crippen molar-refractivity contribution in [2.75, 3.05) is 17.2 Å². The van der Waals surface area contributed by atoms with E-state index in [0.29, 0.717) is 0 Å². The molecule has 4 rings (SSSR count). The molecule has 2 heteroatoms. The number of anilines is 3. The van der Waals surface area contributed by atoms with Gasteiger partial charge in [0.05, 0.1) is 0 Å². The molecule has 0 saturated carbocycles. The van der Waals surface area contributed by atoms with Gasteiger partial charge in [0, 0.05) is 23.6 Å². The second-order valence-electron chi connectivity index (χ2n) is 6.39. The zero-order chi connectivity index (χ0) is 16.5. The zero-order valence-electron chi connectivity index (χ0n) is 14.2. The van der Waals surface area contributed by atoms with E-state index in [2.05, 4.69) is 79.1 Å². The smallest absolute Gasteiger partial charge is 0.0417 e. The summed E-state index contributed by atoms with van der Waals surface area (Å²) in [4.78, 5) is 0. The predicted octanol–water partition coefficient (Wildman–Crippen LogP) is 5.74. The molecule has 0 heterocycles. The van der Waals surface area contributed by atoms with Gasteiger partial charge in [-0.25, -0.2) is 0 Å². The van der Waals surface area contributed by atoms with Crippen molar-refractivity contribution >= 4 is 17.1 Å². The van der Waals surface area contributed by atoms with Crippen LogP contribution in [0.3, 0.4) is 0 Å². The summed E-state index contributed by atoms with van der Waals surface area (Å²) in [6.45, 7) is 5.26.